The summed E-state index contributed by atoms with van der Waals surface area (Å²) in [6.45, 7) is 3.74. The van der Waals surface area contributed by atoms with E-state index in [1.165, 1.54) is 0 Å². The Kier molecular flexibility index (Phi) is 5.59. The van der Waals surface area contributed by atoms with E-state index in [1.54, 1.807) is 0 Å². The number of carbonyl (C=O) groups excluding carboxylic acids is 1. The Morgan fingerprint density at radius 2 is 2.00 bits per heavy atom. The van der Waals surface area contributed by atoms with Crippen molar-refractivity contribution in [3.8, 4) is 5.75 Å². The Morgan fingerprint density at radius 3 is 2.69 bits per heavy atom. The lowest BCUT2D eigenvalue weighted by molar-refractivity contribution is -0.136. The molecule has 0 bridgehead atoms. The number of hydrogen-bond donors (Lipinski definition) is 1. The number of nitrogens with two attached hydrogens (primary N) is 1. The fourth-order valence-electron chi connectivity index (χ4n) is 3.37. The molecule has 0 fully saturated rings. The van der Waals surface area contributed by atoms with Crippen molar-refractivity contribution in [3.05, 3.63) is 65.2 Å². The molecule has 26 heavy (non-hydrogen) atoms. The van der Waals surface area contributed by atoms with Crippen LogP contribution in [0.1, 0.15) is 22.7 Å². The molecule has 5 nitrogen and oxygen atoms in total. The molecule has 5 heteroatoms. The minimum atomic E-state index is -0.674. The summed E-state index contributed by atoms with van der Waals surface area (Å²) in [6, 6.07) is 14.9. The van der Waals surface area contributed by atoms with Crippen LogP contribution in [-0.2, 0) is 11.3 Å². The molecule has 1 aliphatic heterocycles. The fraction of sp³-hybridized carbons (Fsp3) is 0.381. The van der Waals surface area contributed by atoms with E-state index in [4.69, 9.17) is 10.5 Å². The second-order valence-electron chi connectivity index (χ2n) is 7.19. The molecule has 1 heterocycles. The van der Waals surface area contributed by atoms with Crippen LogP contribution >= 0.6 is 0 Å². The summed E-state index contributed by atoms with van der Waals surface area (Å²) in [5, 5.41) is 0. The first-order valence-corrected chi connectivity index (χ1v) is 8.94. The van der Waals surface area contributed by atoms with Crippen LogP contribution < -0.4 is 10.5 Å². The first-order chi connectivity index (χ1) is 12.5. The Labute approximate surface area is 155 Å². The maximum Gasteiger partial charge on any atom is 0.244 e. The molecule has 2 aromatic rings. The van der Waals surface area contributed by atoms with E-state index in [-0.39, 0.29) is 11.9 Å². The van der Waals surface area contributed by atoms with Crippen molar-refractivity contribution in [2.45, 2.75) is 25.6 Å². The molecule has 0 spiro atoms. The van der Waals surface area contributed by atoms with Gasteiger partial charge < -0.3 is 20.3 Å². The van der Waals surface area contributed by atoms with Crippen LogP contribution in [0.2, 0.25) is 0 Å². The highest BCUT2D eigenvalue weighted by Gasteiger charge is 2.32. The minimum Gasteiger partial charge on any atom is -0.491 e. The fourth-order valence-corrected chi connectivity index (χ4v) is 3.37. The van der Waals surface area contributed by atoms with Crippen LogP contribution in [-0.4, -0.2) is 49.0 Å². The van der Waals surface area contributed by atoms with E-state index in [0.717, 1.165) is 29.0 Å². The molecule has 0 unspecified atom stereocenters. The van der Waals surface area contributed by atoms with Crippen LogP contribution in [0, 0.1) is 6.92 Å². The molecule has 0 aliphatic carbocycles. The van der Waals surface area contributed by atoms with E-state index in [9.17, 15) is 4.79 Å². The van der Waals surface area contributed by atoms with Crippen molar-refractivity contribution in [2.24, 2.45) is 5.73 Å². The van der Waals surface area contributed by atoms with Crippen molar-refractivity contribution < 1.29 is 9.53 Å². The highest BCUT2D eigenvalue weighted by molar-refractivity contribution is 5.83. The quantitative estimate of drug-likeness (QED) is 0.917. The van der Waals surface area contributed by atoms with Crippen molar-refractivity contribution in [3.63, 3.8) is 0 Å². The number of benzene rings is 2. The summed E-state index contributed by atoms with van der Waals surface area (Å²) >= 11 is 0. The molecule has 0 radical (unpaired) electrons. The molecule has 0 saturated heterocycles. The van der Waals surface area contributed by atoms with Crippen molar-refractivity contribution in [2.75, 3.05) is 27.2 Å². The Morgan fingerprint density at radius 1 is 1.27 bits per heavy atom. The molecule has 0 aromatic heterocycles. The number of aryl methyl sites for hydroxylation is 1. The number of hydrogen-bond acceptors (Lipinski definition) is 4. The lowest BCUT2D eigenvalue weighted by atomic mass is 10.0. The predicted molar refractivity (Wildman–Crippen MR) is 103 cm³/mol. The number of rotatable bonds is 4. The summed E-state index contributed by atoms with van der Waals surface area (Å²) in [7, 11) is 4.00. The Bertz CT molecular complexity index is 761. The van der Waals surface area contributed by atoms with Gasteiger partial charge >= 0.3 is 0 Å². The zero-order valence-electron chi connectivity index (χ0n) is 15.7. The van der Waals surface area contributed by atoms with Gasteiger partial charge in [0.1, 0.15) is 18.4 Å². The van der Waals surface area contributed by atoms with Crippen molar-refractivity contribution >= 4 is 5.91 Å². The summed E-state index contributed by atoms with van der Waals surface area (Å²) in [6.07, 6.45) is 0. The third kappa shape index (κ3) is 4.06. The topological polar surface area (TPSA) is 58.8 Å². The first kappa shape index (κ1) is 18.4. The summed E-state index contributed by atoms with van der Waals surface area (Å²) in [5.41, 5.74) is 9.33. The van der Waals surface area contributed by atoms with E-state index >= 15 is 0 Å². The first-order valence-electron chi connectivity index (χ1n) is 8.94. The van der Waals surface area contributed by atoms with Gasteiger partial charge in [0, 0.05) is 18.7 Å². The summed E-state index contributed by atoms with van der Waals surface area (Å²) < 4.78 is 6.02. The predicted octanol–water partition coefficient (Wildman–Crippen LogP) is 2.35. The number of likely N-dealkylation sites (N-methyl/N-ethyl adjacent to an activating group) is 1. The highest BCUT2D eigenvalue weighted by atomic mass is 16.5. The van der Waals surface area contributed by atoms with Gasteiger partial charge in [-0.25, -0.2) is 0 Å². The van der Waals surface area contributed by atoms with Gasteiger partial charge in [0.15, 0.2) is 0 Å². The van der Waals surface area contributed by atoms with Crippen LogP contribution in [0.4, 0.5) is 0 Å². The monoisotopic (exact) mass is 353 g/mol. The number of nitrogens with zero attached hydrogens (tertiary/aromatic N) is 2. The van der Waals surface area contributed by atoms with Crippen LogP contribution in [0.15, 0.2) is 48.5 Å². The van der Waals surface area contributed by atoms with E-state index in [2.05, 4.69) is 11.0 Å². The Hall–Kier alpha value is -2.37. The van der Waals surface area contributed by atoms with E-state index < -0.39 is 6.04 Å². The maximum absolute atomic E-state index is 13.3. The summed E-state index contributed by atoms with van der Waals surface area (Å²) in [5.74, 6) is 0.781. The van der Waals surface area contributed by atoms with Gasteiger partial charge in [-0.15, -0.1) is 0 Å². The molecule has 2 atom stereocenters. The average molecular weight is 353 g/mol. The SMILES string of the molecule is Cc1ccc2c(c1)CN(C(=O)[C@@H](N)c1ccccc1)[C@H](CN(C)C)CO2. The molecule has 1 aliphatic rings. The third-order valence-corrected chi connectivity index (χ3v) is 4.71. The zero-order valence-corrected chi connectivity index (χ0v) is 15.7. The van der Waals surface area contributed by atoms with Gasteiger partial charge in [-0.05, 0) is 32.6 Å². The normalized spacial score (nSPS) is 18.0. The van der Waals surface area contributed by atoms with Crippen LogP contribution in [0.5, 0.6) is 5.75 Å². The number of fused-ring (bicyclic) bond motifs is 1. The standard InChI is InChI=1S/C21H27N3O2/c1-15-9-10-19-17(11-15)12-24(18(14-26-19)13-23(2)3)21(25)20(22)16-7-5-4-6-8-16/h4-11,18,20H,12-14,22H2,1-3H3/t18-,20+/m1/s1. The summed E-state index contributed by atoms with van der Waals surface area (Å²) in [4.78, 5) is 17.2. The van der Waals surface area contributed by atoms with Gasteiger partial charge in [0.25, 0.3) is 0 Å². The average Bonchev–Trinajstić information content (AvgIpc) is 2.80. The molecule has 2 aromatic carbocycles. The van der Waals surface area contributed by atoms with Gasteiger partial charge in [-0.1, -0.05) is 48.0 Å². The molecular formula is C21H27N3O2. The number of amides is 1. The second kappa shape index (κ2) is 7.89. The maximum atomic E-state index is 13.3. The van der Waals surface area contributed by atoms with E-state index in [1.807, 2.05) is 68.4 Å². The van der Waals surface area contributed by atoms with Gasteiger partial charge in [0.2, 0.25) is 5.91 Å². The molecule has 3 rings (SSSR count). The van der Waals surface area contributed by atoms with Crippen LogP contribution in [0.25, 0.3) is 0 Å². The van der Waals surface area contributed by atoms with Gasteiger partial charge in [0.05, 0.1) is 6.04 Å². The highest BCUT2D eigenvalue weighted by Crippen LogP contribution is 2.28. The molecule has 1 amide bonds. The molecule has 138 valence electrons. The van der Waals surface area contributed by atoms with Gasteiger partial charge in [-0.2, -0.15) is 0 Å². The third-order valence-electron chi connectivity index (χ3n) is 4.71. The Balaban J connectivity index is 1.91. The van der Waals surface area contributed by atoms with Crippen LogP contribution in [0.3, 0.4) is 0 Å². The van der Waals surface area contributed by atoms with Crippen molar-refractivity contribution in [1.29, 1.82) is 0 Å². The zero-order chi connectivity index (χ0) is 18.7. The lowest BCUT2D eigenvalue weighted by Crippen LogP contribution is -2.50. The largest absolute Gasteiger partial charge is 0.491 e. The molecular weight excluding hydrogens is 326 g/mol. The smallest absolute Gasteiger partial charge is 0.244 e. The van der Waals surface area contributed by atoms with Crippen molar-refractivity contribution in [1.82, 2.24) is 9.80 Å². The second-order valence-corrected chi connectivity index (χ2v) is 7.19. The molecule has 2 N–H and O–H groups in total. The number of carbonyl (C=O) groups is 1. The molecule has 0 saturated carbocycles. The minimum absolute atomic E-state index is 0.0556. The lowest BCUT2D eigenvalue weighted by Gasteiger charge is -2.33. The van der Waals surface area contributed by atoms with Gasteiger partial charge in [-0.3, -0.25) is 4.79 Å². The number of ether oxygens (including phenoxy) is 1. The van der Waals surface area contributed by atoms with E-state index in [0.29, 0.717) is 13.2 Å².